The number of alkyl halides is 3. The van der Waals surface area contributed by atoms with Crippen LogP contribution in [0.4, 0.5) is 29.2 Å². The van der Waals surface area contributed by atoms with E-state index in [1.165, 1.54) is 6.92 Å². The molecule has 1 aromatic carbocycles. The van der Waals surface area contributed by atoms with Crippen LogP contribution in [0.25, 0.3) is 22.2 Å². The maximum Gasteiger partial charge on any atom is 0.418 e. The molecular weight excluding hydrogens is 452 g/mol. The van der Waals surface area contributed by atoms with Gasteiger partial charge in [-0.25, -0.2) is 19.3 Å². The lowest BCUT2D eigenvalue weighted by Gasteiger charge is -2.24. The summed E-state index contributed by atoms with van der Waals surface area (Å²) >= 11 is 6.45. The number of likely N-dealkylation sites (N-methyl/N-ethyl adjacent to an activating group) is 1. The molecule has 166 valence electrons. The molecule has 1 aliphatic rings. The van der Waals surface area contributed by atoms with E-state index in [2.05, 4.69) is 15.0 Å². The van der Waals surface area contributed by atoms with Crippen molar-refractivity contribution in [2.75, 3.05) is 24.3 Å². The number of aromatic nitrogens is 3. The lowest BCUT2D eigenvalue weighted by atomic mass is 9.98. The predicted octanol–water partition coefficient (Wildman–Crippen LogP) is 4.50. The normalized spacial score (nSPS) is 15.9. The van der Waals surface area contributed by atoms with Crippen LogP contribution in [0.3, 0.4) is 0 Å². The molecule has 2 aromatic heterocycles. The molecule has 2 N–H and O–H groups in total. The molecule has 1 aliphatic heterocycles. The zero-order valence-electron chi connectivity index (χ0n) is 16.8. The average molecular weight is 467 g/mol. The minimum atomic E-state index is -4.85. The van der Waals surface area contributed by atoms with Gasteiger partial charge in [0.2, 0.25) is 0 Å². The summed E-state index contributed by atoms with van der Waals surface area (Å²) in [5.74, 6) is -1.19. The molecule has 12 heteroatoms. The van der Waals surface area contributed by atoms with E-state index in [1.54, 1.807) is 11.9 Å². The van der Waals surface area contributed by atoms with Gasteiger partial charge in [-0.3, -0.25) is 0 Å². The summed E-state index contributed by atoms with van der Waals surface area (Å²) in [5.41, 5.74) is 2.61. The molecule has 7 nitrogen and oxygen atoms in total. The summed E-state index contributed by atoms with van der Waals surface area (Å²) in [5, 5.41) is 8.79. The quantitative estimate of drug-likeness (QED) is 0.555. The van der Waals surface area contributed by atoms with Crippen LogP contribution in [0.2, 0.25) is 5.02 Å². The highest BCUT2D eigenvalue weighted by molar-refractivity contribution is 6.36. The first-order valence-corrected chi connectivity index (χ1v) is 9.67. The van der Waals surface area contributed by atoms with Crippen molar-refractivity contribution in [2.24, 2.45) is 0 Å². The van der Waals surface area contributed by atoms with Crippen molar-refractivity contribution >= 4 is 34.1 Å². The van der Waals surface area contributed by atoms with Crippen LogP contribution in [0, 0.1) is 24.1 Å². The first-order chi connectivity index (χ1) is 15.1. The Kier molecular flexibility index (Phi) is 5.21. The molecule has 0 aliphatic carbocycles. The summed E-state index contributed by atoms with van der Waals surface area (Å²) in [6.45, 7) is 1.17. The Balaban J connectivity index is 2.11. The number of aryl methyl sites for hydroxylation is 1. The van der Waals surface area contributed by atoms with Crippen molar-refractivity contribution in [3.63, 3.8) is 0 Å². The molecule has 0 saturated carbocycles. The van der Waals surface area contributed by atoms with E-state index in [0.717, 1.165) is 12.4 Å². The van der Waals surface area contributed by atoms with Crippen molar-refractivity contribution < 1.29 is 22.3 Å². The first-order valence-electron chi connectivity index (χ1n) is 9.29. The number of hydrogen-bond donors (Lipinski definition) is 1. The second-order valence-corrected chi connectivity index (χ2v) is 7.65. The molecule has 3 heterocycles. The van der Waals surface area contributed by atoms with Gasteiger partial charge in [-0.15, -0.1) is 0 Å². The van der Waals surface area contributed by atoms with Crippen molar-refractivity contribution in [2.45, 2.75) is 25.6 Å². The number of pyridine rings is 1. The van der Waals surface area contributed by atoms with Gasteiger partial charge in [-0.1, -0.05) is 11.6 Å². The van der Waals surface area contributed by atoms with E-state index in [4.69, 9.17) is 27.3 Å². The second kappa shape index (κ2) is 7.63. The van der Waals surface area contributed by atoms with Crippen molar-refractivity contribution in [3.8, 4) is 23.1 Å². The molecule has 0 radical (unpaired) electrons. The van der Waals surface area contributed by atoms with Gasteiger partial charge in [0.1, 0.15) is 30.1 Å². The fourth-order valence-electron chi connectivity index (χ4n) is 3.80. The number of nitrogen functional groups attached to an aromatic ring is 1. The SMILES string of the molecule is Cc1cc(N)nc(-c2c(Cl)c3c4c(ncnc4c2F)N(C)[C@H](CC#N)CO3)c1C(F)(F)F. The van der Waals surface area contributed by atoms with Gasteiger partial charge in [-0.2, -0.15) is 18.4 Å². The Bertz CT molecular complexity index is 1290. The van der Waals surface area contributed by atoms with Gasteiger partial charge in [0.05, 0.1) is 45.8 Å². The topological polar surface area (TPSA) is 101 Å². The van der Waals surface area contributed by atoms with Gasteiger partial charge >= 0.3 is 6.18 Å². The van der Waals surface area contributed by atoms with Gasteiger partial charge in [0.15, 0.2) is 11.6 Å². The Morgan fingerprint density at radius 2 is 2.09 bits per heavy atom. The number of anilines is 2. The smallest absolute Gasteiger partial charge is 0.418 e. The molecule has 0 bridgehead atoms. The number of ether oxygens (including phenoxy) is 1. The number of hydrogen-bond acceptors (Lipinski definition) is 7. The van der Waals surface area contributed by atoms with Crippen LogP contribution >= 0.6 is 11.6 Å². The van der Waals surface area contributed by atoms with Crippen LogP contribution in [0.5, 0.6) is 5.75 Å². The summed E-state index contributed by atoms with van der Waals surface area (Å²) < 4.78 is 63.1. The van der Waals surface area contributed by atoms with Crippen molar-refractivity contribution in [1.29, 1.82) is 5.26 Å². The predicted molar refractivity (Wildman–Crippen MR) is 110 cm³/mol. The number of nitrogens with two attached hydrogens (primary N) is 1. The van der Waals surface area contributed by atoms with Crippen molar-refractivity contribution in [1.82, 2.24) is 15.0 Å². The highest BCUT2D eigenvalue weighted by Gasteiger charge is 2.40. The fourth-order valence-corrected chi connectivity index (χ4v) is 4.12. The van der Waals surface area contributed by atoms with Gasteiger partial charge in [0.25, 0.3) is 0 Å². The second-order valence-electron chi connectivity index (χ2n) is 7.28. The molecule has 4 rings (SSSR count). The minimum absolute atomic E-state index is 0.0319. The van der Waals surface area contributed by atoms with Crippen LogP contribution in [0.1, 0.15) is 17.5 Å². The third kappa shape index (κ3) is 3.31. The molecule has 0 spiro atoms. The Hall–Kier alpha value is -3.39. The summed E-state index contributed by atoms with van der Waals surface area (Å²) in [6.07, 6.45) is -3.71. The lowest BCUT2D eigenvalue weighted by Crippen LogP contribution is -2.35. The fraction of sp³-hybridized carbons (Fsp3) is 0.300. The maximum atomic E-state index is 15.7. The number of nitriles is 1. The van der Waals surface area contributed by atoms with Crippen LogP contribution in [-0.4, -0.2) is 34.6 Å². The van der Waals surface area contributed by atoms with E-state index in [0.29, 0.717) is 0 Å². The third-order valence-electron chi connectivity index (χ3n) is 5.29. The summed E-state index contributed by atoms with van der Waals surface area (Å²) in [4.78, 5) is 13.5. The van der Waals surface area contributed by atoms with Gasteiger partial charge in [-0.05, 0) is 18.6 Å². The van der Waals surface area contributed by atoms with Crippen LogP contribution < -0.4 is 15.4 Å². The highest BCUT2D eigenvalue weighted by Crippen LogP contribution is 2.49. The van der Waals surface area contributed by atoms with E-state index in [-0.39, 0.29) is 46.9 Å². The first kappa shape index (κ1) is 21.8. The zero-order chi connectivity index (χ0) is 23.4. The van der Waals surface area contributed by atoms with Crippen LogP contribution in [0.15, 0.2) is 12.4 Å². The Morgan fingerprint density at radius 1 is 1.38 bits per heavy atom. The Labute approximate surface area is 184 Å². The molecule has 0 saturated heterocycles. The molecular formula is C20H15ClF4N6O. The van der Waals surface area contributed by atoms with E-state index in [9.17, 15) is 13.2 Å². The maximum absolute atomic E-state index is 15.7. The monoisotopic (exact) mass is 466 g/mol. The number of nitrogens with zero attached hydrogens (tertiary/aromatic N) is 5. The van der Waals surface area contributed by atoms with E-state index in [1.807, 2.05) is 6.07 Å². The number of halogens is 5. The molecule has 32 heavy (non-hydrogen) atoms. The van der Waals surface area contributed by atoms with E-state index >= 15 is 4.39 Å². The number of rotatable bonds is 2. The molecule has 3 aromatic rings. The Morgan fingerprint density at radius 3 is 2.75 bits per heavy atom. The molecule has 0 unspecified atom stereocenters. The van der Waals surface area contributed by atoms with E-state index < -0.39 is 39.9 Å². The third-order valence-corrected chi connectivity index (χ3v) is 5.65. The molecule has 1 atom stereocenters. The van der Waals surface area contributed by atoms with Gasteiger partial charge in [0, 0.05) is 7.05 Å². The molecule has 0 amide bonds. The lowest BCUT2D eigenvalue weighted by molar-refractivity contribution is -0.137. The van der Waals surface area contributed by atoms with Gasteiger partial charge < -0.3 is 15.4 Å². The standard InChI is InChI=1S/C20H15ClF4N6O/c1-8-5-10(27)30-16(13(8)20(23,24)25)11-14(21)18-12-17(15(11)22)28-7-29-19(12)31(2)9(3-4-26)6-32-18/h5,7,9H,3,6H2,1-2H3,(H2,27,30)/t9-/m1/s1. The minimum Gasteiger partial charge on any atom is -0.489 e. The summed E-state index contributed by atoms with van der Waals surface area (Å²) in [7, 11) is 1.65. The number of benzene rings is 1. The zero-order valence-corrected chi connectivity index (χ0v) is 17.5. The van der Waals surface area contributed by atoms with Crippen molar-refractivity contribution in [3.05, 3.63) is 34.4 Å². The highest BCUT2D eigenvalue weighted by atomic mass is 35.5. The average Bonchev–Trinajstić information content (AvgIpc) is 2.83. The molecule has 0 fully saturated rings. The summed E-state index contributed by atoms with van der Waals surface area (Å²) in [6, 6.07) is 2.63. The largest absolute Gasteiger partial charge is 0.489 e. The van der Waals surface area contributed by atoms with Crippen LogP contribution in [-0.2, 0) is 6.18 Å².